The summed E-state index contributed by atoms with van der Waals surface area (Å²) < 4.78 is 0. The summed E-state index contributed by atoms with van der Waals surface area (Å²) in [5.41, 5.74) is 0. The minimum atomic E-state index is -0.264. The van der Waals surface area contributed by atoms with Crippen LogP contribution in [0.3, 0.4) is 0 Å². The van der Waals surface area contributed by atoms with Gasteiger partial charge in [-0.05, 0) is 0 Å². The molecule has 0 spiro atoms. The molecular weight excluding hydrogens is 160 g/mol. The first-order valence-corrected chi connectivity index (χ1v) is 0.920. The molecule has 0 aliphatic heterocycles. The van der Waals surface area contributed by atoms with E-state index in [1.807, 2.05) is 0 Å². The Kier molecular flexibility index (Phi) is 15.9. The molecule has 0 aromatic rings. The number of aliphatic hydroxyl groups excluding tert-OH is 1. The monoisotopic (exact) mass is 162 g/mol. The average Bonchev–Trinajstić information content (AvgIpc) is 1.37. The largest absolute Gasteiger partial charge is 1.00 e. The Morgan fingerprint density at radius 3 is 2.00 bits per heavy atom. The maximum absolute atomic E-state index is 7.58. The molecule has 0 heterocycles. The van der Waals surface area contributed by atoms with E-state index in [0.29, 0.717) is 0 Å². The average molecular weight is 163 g/mol. The molecule has 0 unspecified atom stereocenters. The van der Waals surface area contributed by atoms with Crippen LogP contribution in [0.4, 0.5) is 0 Å². The maximum atomic E-state index is 7.58. The van der Waals surface area contributed by atoms with Crippen LogP contribution in [-0.4, -0.2) is 11.7 Å². The first-order valence-electron chi connectivity index (χ1n) is 0.920. The molecule has 2 heteroatoms. The van der Waals surface area contributed by atoms with Crippen molar-refractivity contribution < 1.29 is 27.5 Å². The molecule has 1 nitrogen and oxygen atoms in total. The Balaban J connectivity index is 0. The van der Waals surface area contributed by atoms with Gasteiger partial charge in [0.2, 0.25) is 0 Å². The van der Waals surface area contributed by atoms with Crippen LogP contribution in [0.5, 0.6) is 0 Å². The zero-order valence-corrected chi connectivity index (χ0v) is 3.94. The van der Waals surface area contributed by atoms with Gasteiger partial charge in [0.05, 0.1) is 6.61 Å². The normalized spacial score (nSPS) is 4.00. The second-order valence-electron chi connectivity index (χ2n) is 0.335. The summed E-state index contributed by atoms with van der Waals surface area (Å²) in [5.74, 6) is 1.74. The van der Waals surface area contributed by atoms with Gasteiger partial charge in [-0.1, -0.05) is 0 Å². The van der Waals surface area contributed by atoms with Crippen LogP contribution >= 0.6 is 0 Å². The summed E-state index contributed by atoms with van der Waals surface area (Å²) in [7, 11) is 0. The Morgan fingerprint density at radius 1 is 1.80 bits per heavy atom. The van der Waals surface area contributed by atoms with E-state index >= 15 is 0 Å². The van der Waals surface area contributed by atoms with E-state index in [1.165, 1.54) is 0 Å². The van der Waals surface area contributed by atoms with Crippen molar-refractivity contribution in [1.29, 1.82) is 0 Å². The van der Waals surface area contributed by atoms with Crippen molar-refractivity contribution >= 4 is 0 Å². The van der Waals surface area contributed by atoms with E-state index in [0.717, 1.165) is 0 Å². The quantitative estimate of drug-likeness (QED) is 0.291. The summed E-state index contributed by atoms with van der Waals surface area (Å²) in [5, 5.41) is 7.58. The fourth-order valence-corrected chi connectivity index (χ4v) is 0. The molecule has 32 valence electrons. The Labute approximate surface area is 46.9 Å². The zero-order valence-electron chi connectivity index (χ0n) is 2.46. The summed E-state index contributed by atoms with van der Waals surface area (Å²) >= 11 is 0. The summed E-state index contributed by atoms with van der Waals surface area (Å²) in [4.78, 5) is 0. The van der Waals surface area contributed by atoms with Gasteiger partial charge >= 0.3 is 22.4 Å². The molecule has 0 rings (SSSR count). The molecule has 0 saturated heterocycles. The van der Waals surface area contributed by atoms with Crippen LogP contribution in [0.1, 0.15) is 0 Å². The fraction of sp³-hybridized carbons (Fsp3) is 0.333. The van der Waals surface area contributed by atoms with Gasteiger partial charge in [-0.25, -0.2) is 0 Å². The molecular formula is C3H3AgO. The van der Waals surface area contributed by atoms with Crippen LogP contribution < -0.4 is 0 Å². The van der Waals surface area contributed by atoms with Crippen molar-refractivity contribution in [2.24, 2.45) is 0 Å². The first kappa shape index (κ1) is 8.98. The molecule has 0 atom stereocenters. The van der Waals surface area contributed by atoms with Crippen LogP contribution in [-0.2, 0) is 22.4 Å². The molecule has 0 aromatic carbocycles. The predicted octanol–water partition coefficient (Wildman–Crippen LogP) is -0.434. The van der Waals surface area contributed by atoms with Gasteiger partial charge in [-0.3, -0.25) is 0 Å². The Morgan fingerprint density at radius 2 is 2.00 bits per heavy atom. The minimum Gasteiger partial charge on any atom is -0.691 e. The Bertz CT molecular complexity index is 36.6. The van der Waals surface area contributed by atoms with E-state index in [4.69, 9.17) is 11.5 Å². The van der Waals surface area contributed by atoms with E-state index in [1.54, 1.807) is 5.92 Å². The van der Waals surface area contributed by atoms with Gasteiger partial charge in [0.15, 0.2) is 0 Å². The molecule has 0 amide bonds. The third-order valence-corrected chi connectivity index (χ3v) is 0.0791. The van der Waals surface area contributed by atoms with Gasteiger partial charge in [-0.2, -0.15) is 0 Å². The van der Waals surface area contributed by atoms with Crippen molar-refractivity contribution in [3.63, 3.8) is 0 Å². The topological polar surface area (TPSA) is 20.2 Å². The SMILES string of the molecule is [Ag+].[C-]#CCO. The van der Waals surface area contributed by atoms with Crippen LogP contribution in [0, 0.1) is 12.3 Å². The smallest absolute Gasteiger partial charge is 0.691 e. The summed E-state index contributed by atoms with van der Waals surface area (Å²) in [6.45, 7) is -0.264. The molecule has 0 saturated carbocycles. The van der Waals surface area contributed by atoms with E-state index in [-0.39, 0.29) is 29.0 Å². The number of hydrogen-bond acceptors (Lipinski definition) is 1. The van der Waals surface area contributed by atoms with Gasteiger partial charge in [-0.15, -0.1) is 0 Å². The van der Waals surface area contributed by atoms with Crippen LogP contribution in [0.25, 0.3) is 0 Å². The van der Waals surface area contributed by atoms with Gasteiger partial charge in [0.1, 0.15) is 0 Å². The standard InChI is InChI=1S/C3H3O.Ag/c1-2-3-4;/h4H,3H2;/q-1;+1. The number of rotatable bonds is 0. The van der Waals surface area contributed by atoms with Gasteiger partial charge < -0.3 is 17.5 Å². The van der Waals surface area contributed by atoms with Crippen molar-refractivity contribution in [1.82, 2.24) is 0 Å². The minimum absolute atomic E-state index is 0. The predicted molar refractivity (Wildman–Crippen MR) is 14.2 cm³/mol. The van der Waals surface area contributed by atoms with E-state index in [9.17, 15) is 0 Å². The van der Waals surface area contributed by atoms with Crippen LogP contribution in [0.2, 0.25) is 0 Å². The molecule has 0 aromatic heterocycles. The second kappa shape index (κ2) is 8.86. The molecule has 0 aliphatic carbocycles. The Hall–Kier alpha value is 0.260. The van der Waals surface area contributed by atoms with Crippen molar-refractivity contribution in [3.05, 3.63) is 6.42 Å². The van der Waals surface area contributed by atoms with Gasteiger partial charge in [0, 0.05) is 0 Å². The summed E-state index contributed by atoms with van der Waals surface area (Å²) in [6.07, 6.45) is 5.95. The fourth-order valence-electron chi connectivity index (χ4n) is 0. The first-order chi connectivity index (χ1) is 1.91. The molecule has 1 N–H and O–H groups in total. The molecule has 0 bridgehead atoms. The molecule has 0 fully saturated rings. The molecule has 0 aliphatic rings. The van der Waals surface area contributed by atoms with Crippen molar-refractivity contribution in [3.8, 4) is 5.92 Å². The number of hydrogen-bond donors (Lipinski definition) is 1. The number of aliphatic hydroxyl groups is 1. The summed E-state index contributed by atoms with van der Waals surface area (Å²) in [6, 6.07) is 0. The zero-order chi connectivity index (χ0) is 3.41. The van der Waals surface area contributed by atoms with Crippen molar-refractivity contribution in [2.45, 2.75) is 0 Å². The molecule has 0 radical (unpaired) electrons. The van der Waals surface area contributed by atoms with Crippen molar-refractivity contribution in [2.75, 3.05) is 6.61 Å². The molecule has 5 heavy (non-hydrogen) atoms. The van der Waals surface area contributed by atoms with Crippen LogP contribution in [0.15, 0.2) is 0 Å². The van der Waals surface area contributed by atoms with E-state index in [2.05, 4.69) is 0 Å². The third-order valence-electron chi connectivity index (χ3n) is 0.0791. The third kappa shape index (κ3) is 13.7. The van der Waals surface area contributed by atoms with Gasteiger partial charge in [0.25, 0.3) is 0 Å². The maximum Gasteiger partial charge on any atom is 1.00 e. The van der Waals surface area contributed by atoms with E-state index < -0.39 is 0 Å². The second-order valence-corrected chi connectivity index (χ2v) is 0.335.